The number of benzene rings is 2. The number of piperazine rings is 1. The second-order valence-electron chi connectivity index (χ2n) is 12.3. The molecule has 1 aliphatic carbocycles. The number of β-amino-alcohol motifs (C(OH)–C–C–N with tert-alkyl or cyclic N) is 1. The van der Waals surface area contributed by atoms with E-state index in [9.17, 15) is 24.7 Å². The molecule has 0 radical (unpaired) electrons. The van der Waals surface area contributed by atoms with Gasteiger partial charge in [0.05, 0.1) is 30.1 Å². The number of aliphatic hydroxyl groups is 2. The first-order chi connectivity index (χ1) is 22.1. The van der Waals surface area contributed by atoms with Crippen molar-refractivity contribution in [2.75, 3.05) is 56.1 Å². The van der Waals surface area contributed by atoms with Crippen LogP contribution < -0.4 is 9.80 Å². The van der Waals surface area contributed by atoms with Gasteiger partial charge in [-0.2, -0.15) is 5.26 Å². The van der Waals surface area contributed by atoms with Crippen LogP contribution in [0.15, 0.2) is 36.4 Å². The molecule has 0 bridgehead atoms. The summed E-state index contributed by atoms with van der Waals surface area (Å²) in [6.45, 7) is 4.91. The molecule has 2 atom stereocenters. The summed E-state index contributed by atoms with van der Waals surface area (Å²) in [5.41, 5.74) is 3.81. The summed E-state index contributed by atoms with van der Waals surface area (Å²) in [5, 5.41) is 31.3. The van der Waals surface area contributed by atoms with Gasteiger partial charge >= 0.3 is 0 Å². The molecule has 2 saturated heterocycles. The summed E-state index contributed by atoms with van der Waals surface area (Å²) in [6, 6.07) is 11.4. The summed E-state index contributed by atoms with van der Waals surface area (Å²) in [6.07, 6.45) is -0.249. The Hall–Kier alpha value is -4.22. The number of likely N-dealkylation sites (tertiary alicyclic amines) is 1. The van der Waals surface area contributed by atoms with Gasteiger partial charge in [-0.1, -0.05) is 11.3 Å². The van der Waals surface area contributed by atoms with Gasteiger partial charge in [-0.15, -0.1) is 0 Å². The van der Waals surface area contributed by atoms with E-state index in [1.807, 2.05) is 24.9 Å². The van der Waals surface area contributed by atoms with Crippen LogP contribution in [-0.4, -0.2) is 94.4 Å². The highest BCUT2D eigenvalue weighted by atomic mass is 32.1. The second kappa shape index (κ2) is 11.9. The fourth-order valence-electron chi connectivity index (χ4n) is 6.78. The number of hydrogen-bond donors (Lipinski definition) is 2. The standard InChI is InChI=1S/C33H33F2N7O3S/c1-18-14-40(17-28(45)41-15-22(43)16-41)9-10-42(18)21-11-24-30(25(35)12-21)37-31-23(7-8-26(31)44)32(24)39(2)33-38-29(27(13-36)46-33)19-3-5-20(34)6-4-19/h3-6,11-12,18,22,26,43-44H,7-10,14-17H2,1-2H3/t18-,26?/m0/s1. The highest BCUT2D eigenvalue weighted by Crippen LogP contribution is 2.45. The van der Waals surface area contributed by atoms with Gasteiger partial charge in [0.25, 0.3) is 0 Å². The number of carbonyl (C=O) groups excluding carboxylic acids is 1. The largest absolute Gasteiger partial charge is 0.389 e. The highest BCUT2D eigenvalue weighted by molar-refractivity contribution is 7.16. The van der Waals surface area contributed by atoms with Gasteiger partial charge in [0.1, 0.15) is 28.0 Å². The van der Waals surface area contributed by atoms with E-state index in [1.54, 1.807) is 17.0 Å². The highest BCUT2D eigenvalue weighted by Gasteiger charge is 2.34. The van der Waals surface area contributed by atoms with E-state index in [4.69, 9.17) is 4.98 Å². The number of carbonyl (C=O) groups is 1. The molecule has 46 heavy (non-hydrogen) atoms. The lowest BCUT2D eigenvalue weighted by atomic mass is 10.0. The topological polar surface area (TPSA) is 120 Å². The van der Waals surface area contributed by atoms with Gasteiger partial charge in [-0.3, -0.25) is 9.69 Å². The summed E-state index contributed by atoms with van der Waals surface area (Å²) in [7, 11) is 1.81. The van der Waals surface area contributed by atoms with Crippen molar-refractivity contribution in [2.45, 2.75) is 38.0 Å². The minimum atomic E-state index is -0.818. The third-order valence-electron chi connectivity index (χ3n) is 9.19. The molecule has 13 heteroatoms. The molecule has 10 nitrogen and oxygen atoms in total. The van der Waals surface area contributed by atoms with Crippen molar-refractivity contribution in [1.29, 1.82) is 5.26 Å². The lowest BCUT2D eigenvalue weighted by molar-refractivity contribution is -0.142. The number of thiazole rings is 1. The molecule has 0 saturated carbocycles. The number of nitrogens with zero attached hydrogens (tertiary/aromatic N) is 7. The molecular formula is C33H33F2N7O3S. The normalized spacial score (nSPS) is 20.1. The van der Waals surface area contributed by atoms with Crippen molar-refractivity contribution in [3.8, 4) is 17.3 Å². The predicted octanol–water partition coefficient (Wildman–Crippen LogP) is 3.97. The number of amides is 1. The van der Waals surface area contributed by atoms with Gasteiger partial charge in [0.2, 0.25) is 5.91 Å². The van der Waals surface area contributed by atoms with Crippen LogP contribution in [0.4, 0.5) is 25.3 Å². The molecule has 2 fully saturated rings. The second-order valence-corrected chi connectivity index (χ2v) is 13.3. The Labute approximate surface area is 268 Å². The van der Waals surface area contributed by atoms with E-state index in [0.717, 1.165) is 5.56 Å². The zero-order valence-corrected chi connectivity index (χ0v) is 26.3. The average Bonchev–Trinajstić information content (AvgIpc) is 3.62. The van der Waals surface area contributed by atoms with E-state index < -0.39 is 18.0 Å². The van der Waals surface area contributed by atoms with Crippen molar-refractivity contribution in [2.24, 2.45) is 0 Å². The Morgan fingerprint density at radius 1 is 1.13 bits per heavy atom. The molecule has 2 aromatic heterocycles. The molecule has 7 rings (SSSR count). The van der Waals surface area contributed by atoms with Gasteiger partial charge in [-0.05, 0) is 56.2 Å². The van der Waals surface area contributed by atoms with Crippen LogP contribution in [0.25, 0.3) is 22.2 Å². The molecular weight excluding hydrogens is 612 g/mol. The average molecular weight is 646 g/mol. The van der Waals surface area contributed by atoms with Crippen molar-refractivity contribution < 1.29 is 23.8 Å². The number of rotatable bonds is 6. The molecule has 4 heterocycles. The Morgan fingerprint density at radius 3 is 2.59 bits per heavy atom. The number of anilines is 3. The molecule has 1 amide bonds. The lowest BCUT2D eigenvalue weighted by Gasteiger charge is -2.43. The predicted molar refractivity (Wildman–Crippen MR) is 171 cm³/mol. The maximum atomic E-state index is 16.0. The fraction of sp³-hybridized carbons (Fsp3) is 0.394. The van der Waals surface area contributed by atoms with Crippen LogP contribution in [0, 0.1) is 23.0 Å². The molecule has 2 N–H and O–H groups in total. The Bertz CT molecular complexity index is 1870. The summed E-state index contributed by atoms with van der Waals surface area (Å²) in [5.74, 6) is -0.891. The number of aromatic nitrogens is 2. The Morgan fingerprint density at radius 2 is 1.89 bits per heavy atom. The monoisotopic (exact) mass is 645 g/mol. The molecule has 4 aromatic rings. The first-order valence-electron chi connectivity index (χ1n) is 15.3. The van der Waals surface area contributed by atoms with E-state index in [-0.39, 0.29) is 29.8 Å². The van der Waals surface area contributed by atoms with Crippen LogP contribution in [0.2, 0.25) is 0 Å². The molecule has 238 valence electrons. The first kappa shape index (κ1) is 30.4. The quantitative estimate of drug-likeness (QED) is 0.321. The third-order valence-corrected chi connectivity index (χ3v) is 10.2. The molecule has 2 aliphatic heterocycles. The fourth-order valence-corrected chi connectivity index (χ4v) is 7.63. The lowest BCUT2D eigenvalue weighted by Crippen LogP contribution is -2.58. The maximum Gasteiger partial charge on any atom is 0.236 e. The summed E-state index contributed by atoms with van der Waals surface area (Å²) >= 11 is 1.19. The minimum Gasteiger partial charge on any atom is -0.389 e. The van der Waals surface area contributed by atoms with Gasteiger partial charge in [0.15, 0.2) is 10.9 Å². The van der Waals surface area contributed by atoms with Crippen molar-refractivity contribution in [3.05, 3.63) is 64.2 Å². The van der Waals surface area contributed by atoms with Crippen LogP contribution in [0.3, 0.4) is 0 Å². The molecule has 2 aromatic carbocycles. The number of halogens is 2. The maximum absolute atomic E-state index is 16.0. The van der Waals surface area contributed by atoms with Crippen molar-refractivity contribution in [3.63, 3.8) is 0 Å². The Balaban J connectivity index is 1.24. The number of aliphatic hydroxyl groups excluding tert-OH is 2. The van der Waals surface area contributed by atoms with Crippen LogP contribution >= 0.6 is 11.3 Å². The van der Waals surface area contributed by atoms with Crippen LogP contribution in [-0.2, 0) is 11.2 Å². The zero-order valence-electron chi connectivity index (χ0n) is 25.5. The Kier molecular flexibility index (Phi) is 7.84. The third kappa shape index (κ3) is 5.35. The van der Waals surface area contributed by atoms with Crippen molar-refractivity contribution in [1.82, 2.24) is 19.8 Å². The molecule has 0 spiro atoms. The number of fused-ring (bicyclic) bond motifs is 2. The summed E-state index contributed by atoms with van der Waals surface area (Å²) in [4.78, 5) is 30.1. The number of hydrogen-bond acceptors (Lipinski definition) is 10. The SMILES string of the molecule is C[C@H]1CN(CC(=O)N2CC(O)C2)CCN1c1cc(F)c2nc3c(c(N(C)c4nc(-c5ccc(F)cc5)c(C#N)s4)c2c1)CCC3O. The molecule has 3 aliphatic rings. The minimum absolute atomic E-state index is 0.00169. The van der Waals surface area contributed by atoms with E-state index >= 15 is 4.39 Å². The smallest absolute Gasteiger partial charge is 0.236 e. The van der Waals surface area contributed by atoms with Crippen molar-refractivity contribution >= 4 is 44.7 Å². The molecule has 1 unspecified atom stereocenters. The van der Waals surface area contributed by atoms with Gasteiger partial charge in [0, 0.05) is 68.0 Å². The first-order valence-corrected chi connectivity index (χ1v) is 16.1. The van der Waals surface area contributed by atoms with E-state index in [0.29, 0.717) is 89.3 Å². The van der Waals surface area contributed by atoms with Crippen LogP contribution in [0.1, 0.15) is 35.6 Å². The number of nitriles is 1. The van der Waals surface area contributed by atoms with Crippen LogP contribution in [0.5, 0.6) is 0 Å². The van der Waals surface area contributed by atoms with Gasteiger partial charge < -0.3 is 24.9 Å². The van der Waals surface area contributed by atoms with E-state index in [1.165, 1.54) is 29.5 Å². The van der Waals surface area contributed by atoms with Gasteiger partial charge in [-0.25, -0.2) is 18.7 Å². The summed E-state index contributed by atoms with van der Waals surface area (Å²) < 4.78 is 29.6. The van der Waals surface area contributed by atoms with E-state index in [2.05, 4.69) is 20.9 Å². The zero-order chi connectivity index (χ0) is 32.3. The number of pyridine rings is 1.